The Morgan fingerprint density at radius 1 is 0.897 bits per heavy atom. The molecule has 0 saturated carbocycles. The molecule has 3 heterocycles. The van der Waals surface area contributed by atoms with Gasteiger partial charge in [0.15, 0.2) is 0 Å². The van der Waals surface area contributed by atoms with Crippen LogP contribution in [0.5, 0.6) is 0 Å². The molecule has 2 aliphatic heterocycles. The molecule has 2 bridgehead atoms. The lowest BCUT2D eigenvalue weighted by Gasteiger charge is -2.39. The van der Waals surface area contributed by atoms with Crippen LogP contribution in [0.2, 0.25) is 0 Å². The van der Waals surface area contributed by atoms with Crippen LogP contribution in [0, 0.1) is 5.92 Å². The number of hydrogen-bond acceptors (Lipinski definition) is 3. The standard InChI is InChI=1S/C25H27N3.ClH/c1-3-9-19(10-4-1)23(20-11-5-2-6-12-20)25-24(21-14-16-28(25)18-21)27-17-22-13-7-8-15-26-22;/h1-13,15,21,23-25,27H,14,16-18H2;1H. The van der Waals surface area contributed by atoms with Crippen LogP contribution in [0.4, 0.5) is 0 Å². The third-order valence-electron chi connectivity index (χ3n) is 6.46. The number of pyridine rings is 1. The zero-order chi connectivity index (χ0) is 18.8. The summed E-state index contributed by atoms with van der Waals surface area (Å²) in [7, 11) is 0. The molecule has 5 rings (SSSR count). The molecule has 4 heteroatoms. The fourth-order valence-electron chi connectivity index (χ4n) is 5.22. The van der Waals surface area contributed by atoms with Crippen LogP contribution < -0.4 is 5.32 Å². The van der Waals surface area contributed by atoms with Crippen molar-refractivity contribution < 1.29 is 0 Å². The Morgan fingerprint density at radius 3 is 2.17 bits per heavy atom. The van der Waals surface area contributed by atoms with Gasteiger partial charge in [-0.15, -0.1) is 12.4 Å². The van der Waals surface area contributed by atoms with Gasteiger partial charge in [-0.1, -0.05) is 66.7 Å². The summed E-state index contributed by atoms with van der Waals surface area (Å²) in [6.45, 7) is 3.26. The summed E-state index contributed by atoms with van der Waals surface area (Å²) in [6, 6.07) is 29.2. The van der Waals surface area contributed by atoms with Crippen LogP contribution in [0.25, 0.3) is 0 Å². The van der Waals surface area contributed by atoms with E-state index < -0.39 is 0 Å². The van der Waals surface area contributed by atoms with Crippen molar-refractivity contribution in [3.8, 4) is 0 Å². The maximum atomic E-state index is 4.51. The summed E-state index contributed by atoms with van der Waals surface area (Å²) in [5.74, 6) is 1.11. The van der Waals surface area contributed by atoms with Gasteiger partial charge in [0.05, 0.1) is 5.69 Å². The van der Waals surface area contributed by atoms with E-state index in [1.54, 1.807) is 0 Å². The highest BCUT2D eigenvalue weighted by Crippen LogP contribution is 2.43. The molecule has 150 valence electrons. The summed E-state index contributed by atoms with van der Waals surface area (Å²) in [5.41, 5.74) is 3.95. The third kappa shape index (κ3) is 4.09. The smallest absolute Gasteiger partial charge is 0.0541 e. The van der Waals surface area contributed by atoms with E-state index in [0.717, 1.165) is 18.2 Å². The van der Waals surface area contributed by atoms with Gasteiger partial charge in [-0.25, -0.2) is 0 Å². The van der Waals surface area contributed by atoms with E-state index in [1.807, 2.05) is 12.3 Å². The largest absolute Gasteiger partial charge is 0.306 e. The summed E-state index contributed by atoms with van der Waals surface area (Å²) in [6.07, 6.45) is 3.18. The number of halogens is 1. The number of nitrogens with one attached hydrogen (secondary N) is 1. The number of benzene rings is 2. The fourth-order valence-corrected chi connectivity index (χ4v) is 5.22. The molecule has 2 saturated heterocycles. The summed E-state index contributed by atoms with van der Waals surface area (Å²) >= 11 is 0. The summed E-state index contributed by atoms with van der Waals surface area (Å²) < 4.78 is 0. The molecule has 0 spiro atoms. The first-order chi connectivity index (χ1) is 13.9. The lowest BCUT2D eigenvalue weighted by atomic mass is 9.78. The molecule has 3 nitrogen and oxygen atoms in total. The Kier molecular flexibility index (Phi) is 6.29. The first-order valence-electron chi connectivity index (χ1n) is 10.4. The van der Waals surface area contributed by atoms with Gasteiger partial charge in [-0.05, 0) is 42.1 Å². The minimum atomic E-state index is 0. The first-order valence-corrected chi connectivity index (χ1v) is 10.4. The molecule has 2 aromatic carbocycles. The second-order valence-corrected chi connectivity index (χ2v) is 8.06. The highest BCUT2D eigenvalue weighted by atomic mass is 35.5. The van der Waals surface area contributed by atoms with Crippen LogP contribution in [-0.2, 0) is 6.54 Å². The molecule has 0 radical (unpaired) electrons. The van der Waals surface area contributed by atoms with E-state index in [4.69, 9.17) is 0 Å². The Balaban J connectivity index is 0.00000205. The van der Waals surface area contributed by atoms with E-state index in [0.29, 0.717) is 18.0 Å². The SMILES string of the molecule is Cl.c1ccc(C(c2ccccc2)C2C(NCc3ccccn3)C3CCN2C3)cc1. The Labute approximate surface area is 179 Å². The number of fused-ring (bicyclic) bond motifs is 2. The predicted molar refractivity (Wildman–Crippen MR) is 120 cm³/mol. The molecule has 4 unspecified atom stereocenters. The minimum absolute atomic E-state index is 0. The molecule has 29 heavy (non-hydrogen) atoms. The van der Waals surface area contributed by atoms with E-state index in [9.17, 15) is 0 Å². The van der Waals surface area contributed by atoms with Gasteiger partial charge in [0, 0.05) is 37.3 Å². The molecular formula is C25H28ClN3. The van der Waals surface area contributed by atoms with Crippen LogP contribution in [0.3, 0.4) is 0 Å². The van der Waals surface area contributed by atoms with Crippen molar-refractivity contribution in [3.05, 3.63) is 102 Å². The Hall–Kier alpha value is -2.20. The second kappa shape index (κ2) is 9.08. The molecule has 2 fully saturated rings. The van der Waals surface area contributed by atoms with E-state index in [1.165, 1.54) is 30.6 Å². The van der Waals surface area contributed by atoms with Gasteiger partial charge < -0.3 is 5.32 Å². The van der Waals surface area contributed by atoms with Gasteiger partial charge in [0.1, 0.15) is 0 Å². The number of nitrogens with zero attached hydrogens (tertiary/aromatic N) is 2. The van der Waals surface area contributed by atoms with Crippen molar-refractivity contribution in [1.29, 1.82) is 0 Å². The zero-order valence-corrected chi connectivity index (χ0v) is 17.3. The second-order valence-electron chi connectivity index (χ2n) is 8.06. The van der Waals surface area contributed by atoms with E-state index >= 15 is 0 Å². The average Bonchev–Trinajstić information content (AvgIpc) is 3.37. The van der Waals surface area contributed by atoms with Gasteiger partial charge in [0.2, 0.25) is 0 Å². The van der Waals surface area contributed by atoms with E-state index in [2.05, 4.69) is 88.0 Å². The highest BCUT2D eigenvalue weighted by molar-refractivity contribution is 5.85. The normalized spacial score (nSPS) is 25.1. The molecule has 0 aliphatic carbocycles. The Bertz CT molecular complexity index is 848. The molecule has 1 N–H and O–H groups in total. The molecule has 2 aliphatic rings. The molecule has 4 atom stereocenters. The fraction of sp³-hybridized carbons (Fsp3) is 0.320. The van der Waals surface area contributed by atoms with Crippen LogP contribution in [-0.4, -0.2) is 35.1 Å². The number of rotatable bonds is 6. The van der Waals surface area contributed by atoms with Crippen molar-refractivity contribution in [2.75, 3.05) is 13.1 Å². The third-order valence-corrected chi connectivity index (χ3v) is 6.46. The lowest BCUT2D eigenvalue weighted by Crippen LogP contribution is -2.51. The quantitative estimate of drug-likeness (QED) is 0.654. The highest BCUT2D eigenvalue weighted by Gasteiger charge is 2.49. The van der Waals surface area contributed by atoms with Crippen molar-refractivity contribution in [2.45, 2.75) is 31.0 Å². The average molecular weight is 406 g/mol. The van der Waals surface area contributed by atoms with Crippen molar-refractivity contribution >= 4 is 12.4 Å². The zero-order valence-electron chi connectivity index (χ0n) is 16.5. The van der Waals surface area contributed by atoms with Crippen molar-refractivity contribution in [2.24, 2.45) is 5.92 Å². The summed E-state index contributed by atoms with van der Waals surface area (Å²) in [4.78, 5) is 7.23. The monoisotopic (exact) mass is 405 g/mol. The van der Waals surface area contributed by atoms with Gasteiger partial charge in [-0.2, -0.15) is 0 Å². The van der Waals surface area contributed by atoms with E-state index in [-0.39, 0.29) is 12.4 Å². The Morgan fingerprint density at radius 2 is 1.55 bits per heavy atom. The predicted octanol–water partition coefficient (Wildman–Crippen LogP) is 4.50. The van der Waals surface area contributed by atoms with Crippen LogP contribution in [0.15, 0.2) is 85.1 Å². The maximum Gasteiger partial charge on any atom is 0.0541 e. The van der Waals surface area contributed by atoms with Crippen LogP contribution in [0.1, 0.15) is 29.2 Å². The van der Waals surface area contributed by atoms with Gasteiger partial charge in [-0.3, -0.25) is 9.88 Å². The van der Waals surface area contributed by atoms with Gasteiger partial charge >= 0.3 is 0 Å². The molecule has 0 amide bonds. The van der Waals surface area contributed by atoms with Gasteiger partial charge in [0.25, 0.3) is 0 Å². The van der Waals surface area contributed by atoms with Crippen LogP contribution >= 0.6 is 12.4 Å². The topological polar surface area (TPSA) is 28.2 Å². The van der Waals surface area contributed by atoms with Crippen molar-refractivity contribution in [3.63, 3.8) is 0 Å². The maximum absolute atomic E-state index is 4.51. The summed E-state index contributed by atoms with van der Waals surface area (Å²) in [5, 5.41) is 3.90. The molecule has 1 aromatic heterocycles. The first kappa shape index (κ1) is 20.1. The minimum Gasteiger partial charge on any atom is -0.306 e. The molecular weight excluding hydrogens is 378 g/mol. The molecule has 3 aromatic rings. The number of aromatic nitrogens is 1. The van der Waals surface area contributed by atoms with Crippen molar-refractivity contribution in [1.82, 2.24) is 15.2 Å². The number of hydrogen-bond donors (Lipinski definition) is 1. The number of piperidine rings is 1. The lowest BCUT2D eigenvalue weighted by molar-refractivity contribution is 0.197.